The first-order chi connectivity index (χ1) is 11.4. The molecule has 24 heavy (non-hydrogen) atoms. The predicted octanol–water partition coefficient (Wildman–Crippen LogP) is -0.220. The summed E-state index contributed by atoms with van der Waals surface area (Å²) < 4.78 is 4.77. The Hall–Kier alpha value is -2.56. The molecule has 2 fully saturated rings. The first kappa shape index (κ1) is 17.8. The van der Waals surface area contributed by atoms with E-state index in [-0.39, 0.29) is 12.5 Å². The lowest BCUT2D eigenvalue weighted by Crippen LogP contribution is -2.54. The summed E-state index contributed by atoms with van der Waals surface area (Å²) in [4.78, 5) is 48.7. The van der Waals surface area contributed by atoms with Crippen molar-refractivity contribution in [2.24, 2.45) is 5.92 Å². The Morgan fingerprint density at radius 3 is 2.88 bits per heavy atom. The number of rotatable bonds is 5. The zero-order chi connectivity index (χ0) is 17.7. The summed E-state index contributed by atoms with van der Waals surface area (Å²) in [5.41, 5.74) is -0.917. The van der Waals surface area contributed by atoms with Crippen molar-refractivity contribution in [2.45, 2.75) is 38.1 Å². The molecule has 4 amide bonds. The monoisotopic (exact) mass is 335 g/mol. The van der Waals surface area contributed by atoms with Crippen molar-refractivity contribution in [3.05, 3.63) is 0 Å². The number of amides is 4. The first-order valence-electron chi connectivity index (χ1n) is 7.90. The zero-order valence-corrected chi connectivity index (χ0v) is 13.6. The minimum absolute atomic E-state index is 0.0123. The molecule has 2 rings (SSSR count). The average molecular weight is 335 g/mol. The van der Waals surface area contributed by atoms with Crippen LogP contribution in [0.1, 0.15) is 32.6 Å². The molecule has 8 nitrogen and oxygen atoms in total. The smallest absolute Gasteiger partial charge is 0.326 e. The fourth-order valence-corrected chi connectivity index (χ4v) is 3.16. The van der Waals surface area contributed by atoms with Gasteiger partial charge in [-0.15, -0.1) is 6.42 Å². The van der Waals surface area contributed by atoms with E-state index in [9.17, 15) is 19.2 Å². The zero-order valence-electron chi connectivity index (χ0n) is 13.6. The highest BCUT2D eigenvalue weighted by Gasteiger charge is 2.55. The van der Waals surface area contributed by atoms with Gasteiger partial charge < -0.3 is 15.4 Å². The van der Waals surface area contributed by atoms with E-state index in [1.54, 1.807) is 0 Å². The molecule has 1 saturated carbocycles. The second-order valence-corrected chi connectivity index (χ2v) is 6.08. The topological polar surface area (TPSA) is 105 Å². The highest BCUT2D eigenvalue weighted by molar-refractivity contribution is 6.09. The number of hydrogen-bond acceptors (Lipinski definition) is 5. The molecule has 1 saturated heterocycles. The van der Waals surface area contributed by atoms with Crippen molar-refractivity contribution in [3.63, 3.8) is 0 Å². The minimum Gasteiger partial charge on any atom is -0.454 e. The third-order valence-corrected chi connectivity index (χ3v) is 4.54. The molecule has 0 radical (unpaired) electrons. The lowest BCUT2D eigenvalue weighted by atomic mass is 9.73. The van der Waals surface area contributed by atoms with Crippen LogP contribution >= 0.6 is 0 Å². The van der Waals surface area contributed by atoms with Crippen molar-refractivity contribution < 1.29 is 23.9 Å². The van der Waals surface area contributed by atoms with Gasteiger partial charge in [-0.3, -0.25) is 19.3 Å². The van der Waals surface area contributed by atoms with Crippen molar-refractivity contribution >= 4 is 23.8 Å². The Morgan fingerprint density at radius 2 is 2.21 bits per heavy atom. The van der Waals surface area contributed by atoms with Crippen molar-refractivity contribution in [1.29, 1.82) is 0 Å². The molecular weight excluding hydrogens is 314 g/mol. The van der Waals surface area contributed by atoms with E-state index >= 15 is 0 Å². The molecule has 0 unspecified atom stereocenters. The summed E-state index contributed by atoms with van der Waals surface area (Å²) in [6.45, 7) is 0.937. The van der Waals surface area contributed by atoms with Crippen molar-refractivity contribution in [2.75, 3.05) is 19.7 Å². The molecule has 1 heterocycles. The molecule has 8 heteroatoms. The van der Waals surface area contributed by atoms with Crippen LogP contribution < -0.4 is 10.6 Å². The lowest BCUT2D eigenvalue weighted by Gasteiger charge is -2.36. The molecule has 1 aliphatic carbocycles. The fourth-order valence-electron chi connectivity index (χ4n) is 3.16. The molecule has 130 valence electrons. The molecule has 0 aromatic carbocycles. The Balaban J connectivity index is 1.91. The normalized spacial score (nSPS) is 26.0. The standard InChI is InChI=1S/C16H21N3O5/c1-3-8-17-12(20)10-24-13(21)9-19-14(22)16(18-15(19)23)7-5-4-6-11(16)2/h1,11H,4-10H2,2H3,(H,17,20)(H,18,23)/t11-,16-/m1/s1. The van der Waals surface area contributed by atoms with E-state index in [0.29, 0.717) is 6.42 Å². The number of carbonyl (C=O) groups excluding carboxylic acids is 4. The van der Waals surface area contributed by atoms with E-state index in [1.165, 1.54) is 0 Å². The lowest BCUT2D eigenvalue weighted by molar-refractivity contribution is -0.151. The Morgan fingerprint density at radius 1 is 1.46 bits per heavy atom. The van der Waals surface area contributed by atoms with Gasteiger partial charge in [0.1, 0.15) is 12.1 Å². The Bertz CT molecular complexity index is 597. The van der Waals surface area contributed by atoms with Gasteiger partial charge in [-0.2, -0.15) is 0 Å². The molecule has 0 aromatic heterocycles. The van der Waals surface area contributed by atoms with Gasteiger partial charge in [0.15, 0.2) is 6.61 Å². The highest BCUT2D eigenvalue weighted by Crippen LogP contribution is 2.38. The SMILES string of the molecule is C#CCNC(=O)COC(=O)CN1C(=O)N[C@@]2(CCCC[C@H]2C)C1=O. The fraction of sp³-hybridized carbons (Fsp3) is 0.625. The van der Waals surface area contributed by atoms with Gasteiger partial charge in [-0.05, 0) is 18.8 Å². The number of ether oxygens (including phenoxy) is 1. The largest absolute Gasteiger partial charge is 0.454 e. The third-order valence-electron chi connectivity index (χ3n) is 4.54. The number of terminal acetylenes is 1. The molecule has 1 spiro atoms. The van der Waals surface area contributed by atoms with Crippen LogP contribution in [-0.2, 0) is 19.1 Å². The van der Waals surface area contributed by atoms with Gasteiger partial charge >= 0.3 is 12.0 Å². The van der Waals surface area contributed by atoms with E-state index in [2.05, 4.69) is 16.6 Å². The maximum atomic E-state index is 12.7. The minimum atomic E-state index is -0.917. The Labute approximate surface area is 140 Å². The van der Waals surface area contributed by atoms with Crippen LogP contribution in [-0.4, -0.2) is 54.0 Å². The van der Waals surface area contributed by atoms with E-state index < -0.39 is 42.5 Å². The average Bonchev–Trinajstić information content (AvgIpc) is 2.79. The summed E-state index contributed by atoms with van der Waals surface area (Å²) in [5, 5.41) is 5.08. The Kier molecular flexibility index (Phi) is 5.44. The number of nitrogens with one attached hydrogen (secondary N) is 2. The number of hydrogen-bond donors (Lipinski definition) is 2. The summed E-state index contributed by atoms with van der Waals surface area (Å²) in [6, 6.07) is -0.595. The van der Waals surface area contributed by atoms with Gasteiger partial charge in [0.2, 0.25) is 0 Å². The van der Waals surface area contributed by atoms with Gasteiger partial charge in [0, 0.05) is 0 Å². The van der Waals surface area contributed by atoms with Gasteiger partial charge in [-0.25, -0.2) is 4.79 Å². The molecular formula is C16H21N3O5. The maximum Gasteiger partial charge on any atom is 0.326 e. The number of urea groups is 1. The number of esters is 1. The third kappa shape index (κ3) is 3.50. The highest BCUT2D eigenvalue weighted by atomic mass is 16.5. The molecule has 2 atom stereocenters. The summed E-state index contributed by atoms with van der Waals surface area (Å²) in [6.07, 6.45) is 8.27. The predicted molar refractivity (Wildman–Crippen MR) is 83.4 cm³/mol. The quantitative estimate of drug-likeness (QED) is 0.411. The van der Waals surface area contributed by atoms with Gasteiger partial charge in [0.25, 0.3) is 11.8 Å². The van der Waals surface area contributed by atoms with Crippen LogP contribution in [0.25, 0.3) is 0 Å². The van der Waals surface area contributed by atoms with Crippen molar-refractivity contribution in [3.8, 4) is 12.3 Å². The van der Waals surface area contributed by atoms with Crippen LogP contribution in [0, 0.1) is 18.3 Å². The van der Waals surface area contributed by atoms with E-state index in [0.717, 1.165) is 24.2 Å². The molecule has 0 bridgehead atoms. The van der Waals surface area contributed by atoms with Gasteiger partial charge in [-0.1, -0.05) is 25.7 Å². The van der Waals surface area contributed by atoms with Crippen LogP contribution in [0.15, 0.2) is 0 Å². The second kappa shape index (κ2) is 7.34. The van der Waals surface area contributed by atoms with E-state index in [1.807, 2.05) is 6.92 Å². The molecule has 1 aliphatic heterocycles. The second-order valence-electron chi connectivity index (χ2n) is 6.08. The molecule has 0 aromatic rings. The first-order valence-corrected chi connectivity index (χ1v) is 7.90. The summed E-state index contributed by atoms with van der Waals surface area (Å²) >= 11 is 0. The summed E-state index contributed by atoms with van der Waals surface area (Å²) in [5.74, 6) is 0.463. The number of carbonyl (C=O) groups is 4. The van der Waals surface area contributed by atoms with Gasteiger partial charge in [0.05, 0.1) is 6.54 Å². The van der Waals surface area contributed by atoms with Crippen molar-refractivity contribution in [1.82, 2.24) is 15.5 Å². The number of imide groups is 1. The molecule has 2 N–H and O–H groups in total. The van der Waals surface area contributed by atoms with Crippen LogP contribution in [0.5, 0.6) is 0 Å². The van der Waals surface area contributed by atoms with E-state index in [4.69, 9.17) is 11.2 Å². The van der Waals surface area contributed by atoms with Crippen LogP contribution in [0.2, 0.25) is 0 Å². The number of nitrogens with zero attached hydrogens (tertiary/aromatic N) is 1. The molecule has 2 aliphatic rings. The van der Waals surface area contributed by atoms with Crippen LogP contribution in [0.3, 0.4) is 0 Å². The maximum absolute atomic E-state index is 12.7. The summed E-state index contributed by atoms with van der Waals surface area (Å²) in [7, 11) is 0. The van der Waals surface area contributed by atoms with Crippen LogP contribution in [0.4, 0.5) is 4.79 Å².